The van der Waals surface area contributed by atoms with Crippen LogP contribution in [0.5, 0.6) is 0 Å². The molecule has 0 saturated carbocycles. The molecule has 0 amide bonds. The Morgan fingerprint density at radius 1 is 0.686 bits per heavy atom. The molecule has 4 heteroatoms. The summed E-state index contributed by atoms with van der Waals surface area (Å²) in [7, 11) is 0. The zero-order valence-corrected chi connectivity index (χ0v) is 21.7. The van der Waals surface area contributed by atoms with E-state index in [0.29, 0.717) is 0 Å². The van der Waals surface area contributed by atoms with E-state index in [9.17, 15) is 0 Å². The van der Waals surface area contributed by atoms with Gasteiger partial charge < -0.3 is 4.98 Å². The van der Waals surface area contributed by atoms with Crippen LogP contribution in [0, 0.1) is 12.1 Å². The molecule has 6 aromatic rings. The van der Waals surface area contributed by atoms with Gasteiger partial charge in [0.25, 0.3) is 0 Å². The van der Waals surface area contributed by atoms with Crippen molar-refractivity contribution in [2.24, 2.45) is 0 Å². The number of rotatable bonds is 3. The summed E-state index contributed by atoms with van der Waals surface area (Å²) < 4.78 is 0. The van der Waals surface area contributed by atoms with Crippen LogP contribution in [0.25, 0.3) is 44.2 Å². The number of pyridine rings is 1. The second-order valence-electron chi connectivity index (χ2n) is 7.90. The molecule has 0 aliphatic heterocycles. The summed E-state index contributed by atoms with van der Waals surface area (Å²) in [5.74, 6) is 0.722. The monoisotopic (exact) mass is 630 g/mol. The summed E-state index contributed by atoms with van der Waals surface area (Å²) >= 11 is 0. The standard InChI is InChI=1S/C18H15N2.C13H8N.Ir/c1-2-14-12-19-18(20-13-14)17-10-6-9-16(11-17)15-7-4-3-5-8-15;1-2-6-12-10(4-1)7-8-11-5-3-9-14-13(11)12;/h3-9,11-13H,2H2,1H3;1-5,7-9H;/q2*-1;. The maximum atomic E-state index is 4.41. The van der Waals surface area contributed by atoms with Gasteiger partial charge in [-0.05, 0) is 34.5 Å². The summed E-state index contributed by atoms with van der Waals surface area (Å²) in [6.07, 6.45) is 6.54. The average Bonchev–Trinajstić information content (AvgIpc) is 2.94. The first-order chi connectivity index (χ1) is 16.8. The third-order valence-electron chi connectivity index (χ3n) is 5.67. The number of benzene rings is 4. The Labute approximate surface area is 219 Å². The Morgan fingerprint density at radius 3 is 2.26 bits per heavy atom. The zero-order chi connectivity index (χ0) is 23.2. The van der Waals surface area contributed by atoms with E-state index in [1.807, 2.05) is 61.1 Å². The number of fused-ring (bicyclic) bond motifs is 3. The summed E-state index contributed by atoms with van der Waals surface area (Å²) in [4.78, 5) is 13.2. The molecule has 0 fully saturated rings. The van der Waals surface area contributed by atoms with Crippen molar-refractivity contribution in [3.8, 4) is 22.5 Å². The van der Waals surface area contributed by atoms with E-state index in [0.717, 1.165) is 39.8 Å². The van der Waals surface area contributed by atoms with E-state index in [-0.39, 0.29) is 20.1 Å². The van der Waals surface area contributed by atoms with Crippen LogP contribution < -0.4 is 0 Å². The fraction of sp³-hybridized carbons (Fsp3) is 0.0645. The van der Waals surface area contributed by atoms with Gasteiger partial charge in [-0.15, -0.1) is 70.4 Å². The molecule has 173 valence electrons. The van der Waals surface area contributed by atoms with Gasteiger partial charge in [0.1, 0.15) is 0 Å². The van der Waals surface area contributed by atoms with Crippen LogP contribution in [-0.2, 0) is 26.5 Å². The summed E-state index contributed by atoms with van der Waals surface area (Å²) in [5.41, 5.74) is 5.45. The minimum Gasteiger partial charge on any atom is -0.304 e. The first kappa shape index (κ1) is 24.4. The molecule has 0 aliphatic rings. The molecule has 4 aromatic carbocycles. The van der Waals surface area contributed by atoms with Crippen LogP contribution in [0.2, 0.25) is 0 Å². The number of hydrogen-bond donors (Lipinski definition) is 0. The number of nitrogens with zero attached hydrogens (tertiary/aromatic N) is 3. The number of hydrogen-bond acceptors (Lipinski definition) is 3. The fourth-order valence-corrected chi connectivity index (χ4v) is 3.82. The van der Waals surface area contributed by atoms with Gasteiger partial charge in [-0.2, -0.15) is 0 Å². The normalized spacial score (nSPS) is 10.3. The first-order valence-corrected chi connectivity index (χ1v) is 11.3. The van der Waals surface area contributed by atoms with Gasteiger partial charge >= 0.3 is 0 Å². The largest absolute Gasteiger partial charge is 0.304 e. The van der Waals surface area contributed by atoms with Gasteiger partial charge in [0.15, 0.2) is 0 Å². The van der Waals surface area contributed by atoms with Crippen molar-refractivity contribution in [1.82, 2.24) is 15.0 Å². The van der Waals surface area contributed by atoms with Gasteiger partial charge in [0.05, 0.1) is 5.82 Å². The Bertz CT molecular complexity index is 1480. The average molecular weight is 630 g/mol. The quantitative estimate of drug-likeness (QED) is 0.152. The van der Waals surface area contributed by atoms with Crippen LogP contribution >= 0.6 is 0 Å². The molecule has 0 unspecified atom stereocenters. The van der Waals surface area contributed by atoms with E-state index in [4.69, 9.17) is 0 Å². The second kappa shape index (κ2) is 11.6. The molecule has 0 aliphatic carbocycles. The van der Waals surface area contributed by atoms with Crippen LogP contribution in [0.4, 0.5) is 0 Å². The van der Waals surface area contributed by atoms with Gasteiger partial charge in [-0.1, -0.05) is 55.5 Å². The molecule has 2 aromatic heterocycles. The van der Waals surface area contributed by atoms with E-state index in [1.165, 1.54) is 16.3 Å². The van der Waals surface area contributed by atoms with E-state index < -0.39 is 0 Å². The van der Waals surface area contributed by atoms with E-state index in [1.54, 1.807) is 0 Å². The molecular formula is C31H23IrN3-2. The third kappa shape index (κ3) is 5.68. The predicted molar refractivity (Wildman–Crippen MR) is 139 cm³/mol. The minimum atomic E-state index is 0. The summed E-state index contributed by atoms with van der Waals surface area (Å²) in [6, 6.07) is 37.0. The van der Waals surface area contributed by atoms with Crippen molar-refractivity contribution in [3.63, 3.8) is 0 Å². The molecule has 0 saturated heterocycles. The van der Waals surface area contributed by atoms with Gasteiger partial charge in [0, 0.05) is 38.7 Å². The molecule has 3 nitrogen and oxygen atoms in total. The fourth-order valence-electron chi connectivity index (χ4n) is 3.82. The zero-order valence-electron chi connectivity index (χ0n) is 19.3. The van der Waals surface area contributed by atoms with Crippen molar-refractivity contribution >= 4 is 21.7 Å². The van der Waals surface area contributed by atoms with Gasteiger partial charge in [0.2, 0.25) is 0 Å². The van der Waals surface area contributed by atoms with Crippen molar-refractivity contribution in [2.45, 2.75) is 13.3 Å². The molecule has 0 atom stereocenters. The molecule has 6 rings (SSSR count). The molecule has 1 radical (unpaired) electrons. The maximum absolute atomic E-state index is 4.41. The molecule has 0 N–H and O–H groups in total. The Kier molecular flexibility index (Phi) is 8.10. The van der Waals surface area contributed by atoms with Crippen LogP contribution in [0.1, 0.15) is 12.5 Å². The topological polar surface area (TPSA) is 38.7 Å². The van der Waals surface area contributed by atoms with Crippen molar-refractivity contribution < 1.29 is 20.1 Å². The van der Waals surface area contributed by atoms with Crippen LogP contribution in [0.15, 0.2) is 110 Å². The summed E-state index contributed by atoms with van der Waals surface area (Å²) in [6.45, 7) is 2.10. The number of aromatic nitrogens is 3. The maximum Gasteiger partial charge on any atom is 0.0748 e. The Balaban J connectivity index is 0.000000169. The van der Waals surface area contributed by atoms with Crippen LogP contribution in [-0.4, -0.2) is 15.0 Å². The summed E-state index contributed by atoms with van der Waals surface area (Å²) in [5, 5.41) is 3.46. The SMILES string of the molecule is CCc1cnc(-c2[c-]ccc(-c3ccccc3)c2)nc1.[Ir].[c-]1cccc2ccc3cccnc3c12. The van der Waals surface area contributed by atoms with Crippen molar-refractivity contribution in [2.75, 3.05) is 0 Å². The van der Waals surface area contributed by atoms with Crippen molar-refractivity contribution in [3.05, 3.63) is 127 Å². The Hall–Kier alpha value is -3.72. The molecule has 2 heterocycles. The van der Waals surface area contributed by atoms with E-state index in [2.05, 4.69) is 82.5 Å². The predicted octanol–water partition coefficient (Wildman–Crippen LogP) is 7.36. The first-order valence-electron chi connectivity index (χ1n) is 11.3. The Morgan fingerprint density at radius 2 is 1.46 bits per heavy atom. The van der Waals surface area contributed by atoms with Gasteiger partial charge in [-0.25, -0.2) is 0 Å². The minimum absolute atomic E-state index is 0. The van der Waals surface area contributed by atoms with Gasteiger partial charge in [-0.3, -0.25) is 9.97 Å². The second-order valence-corrected chi connectivity index (χ2v) is 7.90. The molecular weight excluding hydrogens is 607 g/mol. The molecule has 35 heavy (non-hydrogen) atoms. The smallest absolute Gasteiger partial charge is 0.0748 e. The van der Waals surface area contributed by atoms with Crippen LogP contribution in [0.3, 0.4) is 0 Å². The number of aryl methyl sites for hydroxylation is 1. The molecule has 0 spiro atoms. The molecule has 0 bridgehead atoms. The third-order valence-corrected chi connectivity index (χ3v) is 5.67. The van der Waals surface area contributed by atoms with E-state index >= 15 is 0 Å². The van der Waals surface area contributed by atoms with Crippen molar-refractivity contribution in [1.29, 1.82) is 0 Å².